The molecule has 0 saturated heterocycles. The molecule has 0 aliphatic carbocycles. The minimum Gasteiger partial charge on any atom is -0.480 e. The van der Waals surface area contributed by atoms with E-state index < -0.39 is 5.97 Å². The van der Waals surface area contributed by atoms with E-state index >= 15 is 0 Å². The molecular weight excluding hydrogens is 196 g/mol. The van der Waals surface area contributed by atoms with Crippen LogP contribution in [0.3, 0.4) is 0 Å². The number of aromatic nitrogens is 3. The fraction of sp³-hybridized carbons (Fsp3) is 0.444. The largest absolute Gasteiger partial charge is 0.480 e. The molecule has 6 nitrogen and oxygen atoms in total. The van der Waals surface area contributed by atoms with E-state index in [1.165, 1.54) is 0 Å². The van der Waals surface area contributed by atoms with Crippen molar-refractivity contribution in [3.63, 3.8) is 0 Å². The molecule has 15 heavy (non-hydrogen) atoms. The molecule has 1 rings (SSSR count). The number of rotatable bonds is 5. The van der Waals surface area contributed by atoms with Crippen LogP contribution in [0.4, 0.5) is 0 Å². The lowest BCUT2D eigenvalue weighted by atomic mass is 10.4. The standard InChI is InChI=1S/C9H12N4O2/c1-3-4-13(6-9(14)15)5-8-11-10-7-12(8)2/h1,7H,4-6H2,2H3,(H,14,15). The van der Waals surface area contributed by atoms with Crippen molar-refractivity contribution in [3.8, 4) is 12.3 Å². The fourth-order valence-electron chi connectivity index (χ4n) is 1.14. The number of carboxylic acid groups (broad SMARTS) is 1. The second-order valence-electron chi connectivity index (χ2n) is 3.10. The number of aliphatic carboxylic acids is 1. The van der Waals surface area contributed by atoms with Crippen molar-refractivity contribution in [1.29, 1.82) is 0 Å². The molecule has 0 radical (unpaired) electrons. The van der Waals surface area contributed by atoms with Gasteiger partial charge in [0.05, 0.1) is 19.6 Å². The van der Waals surface area contributed by atoms with Gasteiger partial charge in [-0.3, -0.25) is 9.69 Å². The highest BCUT2D eigenvalue weighted by molar-refractivity contribution is 5.69. The number of aryl methyl sites for hydroxylation is 1. The maximum Gasteiger partial charge on any atom is 0.317 e. The summed E-state index contributed by atoms with van der Waals surface area (Å²) in [7, 11) is 1.80. The monoisotopic (exact) mass is 208 g/mol. The van der Waals surface area contributed by atoms with E-state index in [1.54, 1.807) is 22.8 Å². The minimum atomic E-state index is -0.910. The summed E-state index contributed by atoms with van der Waals surface area (Å²) >= 11 is 0. The van der Waals surface area contributed by atoms with Gasteiger partial charge in [0.15, 0.2) is 0 Å². The number of carbonyl (C=O) groups is 1. The van der Waals surface area contributed by atoms with Gasteiger partial charge in [-0.2, -0.15) is 0 Å². The van der Waals surface area contributed by atoms with E-state index in [0.717, 1.165) is 0 Å². The number of carboxylic acids is 1. The van der Waals surface area contributed by atoms with Gasteiger partial charge in [-0.15, -0.1) is 16.6 Å². The van der Waals surface area contributed by atoms with Crippen LogP contribution in [0.2, 0.25) is 0 Å². The van der Waals surface area contributed by atoms with Gasteiger partial charge in [-0.25, -0.2) is 0 Å². The molecular formula is C9H12N4O2. The Hall–Kier alpha value is -1.87. The summed E-state index contributed by atoms with van der Waals surface area (Å²) in [6.07, 6.45) is 6.70. The first-order valence-electron chi connectivity index (χ1n) is 4.34. The minimum absolute atomic E-state index is 0.100. The van der Waals surface area contributed by atoms with E-state index in [9.17, 15) is 4.79 Å². The van der Waals surface area contributed by atoms with E-state index in [0.29, 0.717) is 12.4 Å². The molecule has 0 unspecified atom stereocenters. The van der Waals surface area contributed by atoms with Crippen LogP contribution in [0.1, 0.15) is 5.82 Å². The lowest BCUT2D eigenvalue weighted by Gasteiger charge is -2.15. The van der Waals surface area contributed by atoms with Gasteiger partial charge in [-0.1, -0.05) is 5.92 Å². The number of hydrogen-bond donors (Lipinski definition) is 1. The van der Waals surface area contributed by atoms with Crippen LogP contribution in [0.25, 0.3) is 0 Å². The van der Waals surface area contributed by atoms with Gasteiger partial charge in [0.1, 0.15) is 12.2 Å². The van der Waals surface area contributed by atoms with Crippen molar-refractivity contribution in [1.82, 2.24) is 19.7 Å². The Bertz CT molecular complexity index is 380. The van der Waals surface area contributed by atoms with Crippen LogP contribution in [-0.2, 0) is 18.4 Å². The summed E-state index contributed by atoms with van der Waals surface area (Å²) in [4.78, 5) is 12.1. The molecule has 80 valence electrons. The topological polar surface area (TPSA) is 71.2 Å². The summed E-state index contributed by atoms with van der Waals surface area (Å²) in [5, 5.41) is 16.2. The third-order valence-electron chi connectivity index (χ3n) is 1.84. The molecule has 0 aliphatic heterocycles. The molecule has 1 N–H and O–H groups in total. The van der Waals surface area contributed by atoms with Crippen LogP contribution in [-0.4, -0.2) is 43.8 Å². The first-order valence-corrected chi connectivity index (χ1v) is 4.34. The number of nitrogens with zero attached hydrogens (tertiary/aromatic N) is 4. The Kier molecular flexibility index (Phi) is 3.83. The Morgan fingerprint density at radius 2 is 2.53 bits per heavy atom. The number of hydrogen-bond acceptors (Lipinski definition) is 4. The zero-order chi connectivity index (χ0) is 11.3. The Balaban J connectivity index is 2.63. The average Bonchev–Trinajstić information content (AvgIpc) is 2.51. The highest BCUT2D eigenvalue weighted by Crippen LogP contribution is 1.99. The molecule has 1 aromatic rings. The maximum atomic E-state index is 10.5. The lowest BCUT2D eigenvalue weighted by molar-refractivity contribution is -0.138. The first-order chi connectivity index (χ1) is 7.13. The van der Waals surface area contributed by atoms with Crippen molar-refractivity contribution < 1.29 is 9.90 Å². The normalized spacial score (nSPS) is 10.2. The molecule has 0 atom stereocenters. The van der Waals surface area contributed by atoms with Crippen molar-refractivity contribution in [2.75, 3.05) is 13.1 Å². The molecule has 0 spiro atoms. The van der Waals surface area contributed by atoms with Gasteiger partial charge in [-0.05, 0) is 0 Å². The Morgan fingerprint density at radius 1 is 1.80 bits per heavy atom. The van der Waals surface area contributed by atoms with Crippen LogP contribution in [0.15, 0.2) is 6.33 Å². The second-order valence-corrected chi connectivity index (χ2v) is 3.10. The smallest absolute Gasteiger partial charge is 0.317 e. The van der Waals surface area contributed by atoms with Crippen LogP contribution >= 0.6 is 0 Å². The second kappa shape index (κ2) is 5.12. The van der Waals surface area contributed by atoms with Crippen molar-refractivity contribution >= 4 is 5.97 Å². The molecule has 0 fully saturated rings. The van der Waals surface area contributed by atoms with E-state index in [4.69, 9.17) is 11.5 Å². The average molecular weight is 208 g/mol. The summed E-state index contributed by atoms with van der Waals surface area (Å²) in [5.41, 5.74) is 0. The quantitative estimate of drug-likeness (QED) is 0.650. The van der Waals surface area contributed by atoms with Crippen LogP contribution in [0.5, 0.6) is 0 Å². The van der Waals surface area contributed by atoms with E-state index in [2.05, 4.69) is 16.1 Å². The van der Waals surface area contributed by atoms with Crippen molar-refractivity contribution in [3.05, 3.63) is 12.2 Å². The van der Waals surface area contributed by atoms with Crippen LogP contribution < -0.4 is 0 Å². The van der Waals surface area contributed by atoms with E-state index in [-0.39, 0.29) is 13.1 Å². The molecule has 0 amide bonds. The number of terminal acetylenes is 1. The zero-order valence-corrected chi connectivity index (χ0v) is 8.42. The third-order valence-corrected chi connectivity index (χ3v) is 1.84. The molecule has 0 aromatic carbocycles. The highest BCUT2D eigenvalue weighted by Gasteiger charge is 2.11. The Morgan fingerprint density at radius 3 is 3.00 bits per heavy atom. The zero-order valence-electron chi connectivity index (χ0n) is 8.42. The molecule has 1 heterocycles. The van der Waals surface area contributed by atoms with Crippen LogP contribution in [0, 0.1) is 12.3 Å². The summed E-state index contributed by atoms with van der Waals surface area (Å²) in [6, 6.07) is 0. The summed E-state index contributed by atoms with van der Waals surface area (Å²) in [5.74, 6) is 2.19. The fourth-order valence-corrected chi connectivity index (χ4v) is 1.14. The van der Waals surface area contributed by atoms with Gasteiger partial charge in [0.25, 0.3) is 0 Å². The lowest BCUT2D eigenvalue weighted by Crippen LogP contribution is -2.30. The summed E-state index contributed by atoms with van der Waals surface area (Å²) in [6.45, 7) is 0.559. The van der Waals surface area contributed by atoms with E-state index in [1.807, 2.05) is 0 Å². The van der Waals surface area contributed by atoms with Crippen molar-refractivity contribution in [2.45, 2.75) is 6.54 Å². The van der Waals surface area contributed by atoms with Gasteiger partial charge in [0.2, 0.25) is 0 Å². The Labute approximate surface area is 87.5 Å². The SMILES string of the molecule is C#CCN(CC(=O)O)Cc1nncn1C. The van der Waals surface area contributed by atoms with Gasteiger partial charge >= 0.3 is 5.97 Å². The molecule has 0 bridgehead atoms. The molecule has 0 aliphatic rings. The summed E-state index contributed by atoms with van der Waals surface area (Å²) < 4.78 is 1.73. The first kappa shape index (κ1) is 11.2. The van der Waals surface area contributed by atoms with Gasteiger partial charge in [0, 0.05) is 7.05 Å². The molecule has 0 saturated carbocycles. The molecule has 1 aromatic heterocycles. The predicted octanol–water partition coefficient (Wildman–Crippen LogP) is -0.665. The maximum absolute atomic E-state index is 10.5. The third kappa shape index (κ3) is 3.40. The molecule has 6 heteroatoms. The van der Waals surface area contributed by atoms with Gasteiger partial charge < -0.3 is 9.67 Å². The van der Waals surface area contributed by atoms with Crippen molar-refractivity contribution in [2.24, 2.45) is 7.05 Å². The predicted molar refractivity (Wildman–Crippen MR) is 52.7 cm³/mol. The highest BCUT2D eigenvalue weighted by atomic mass is 16.4.